The van der Waals surface area contributed by atoms with Gasteiger partial charge in [-0.15, -0.1) is 0 Å². The first-order chi connectivity index (χ1) is 15.1. The number of aromatic nitrogens is 4. The first-order valence-corrected chi connectivity index (χ1v) is 9.34. The van der Waals surface area contributed by atoms with Crippen LogP contribution >= 0.6 is 11.6 Å². The Morgan fingerprint density at radius 2 is 2.09 bits per heavy atom. The average molecular weight is 469 g/mol. The molecule has 32 heavy (non-hydrogen) atoms. The van der Waals surface area contributed by atoms with Crippen LogP contribution < -0.4 is 5.32 Å². The predicted octanol–water partition coefficient (Wildman–Crippen LogP) is 3.87. The summed E-state index contributed by atoms with van der Waals surface area (Å²) in [6.07, 6.45) is 0.204. The number of hydrogen-bond acceptors (Lipinski definition) is 4. The van der Waals surface area contributed by atoms with Crippen LogP contribution in [0, 0.1) is 5.82 Å². The van der Waals surface area contributed by atoms with Crippen molar-refractivity contribution in [2.24, 2.45) is 0 Å². The smallest absolute Gasteiger partial charge is 0.332 e. The zero-order valence-corrected chi connectivity index (χ0v) is 16.9. The summed E-state index contributed by atoms with van der Waals surface area (Å²) in [6.45, 7) is -1.56. The van der Waals surface area contributed by atoms with Gasteiger partial charge < -0.3 is 14.6 Å². The molecule has 0 radical (unpaired) electrons. The molecule has 1 aromatic carbocycles. The minimum absolute atomic E-state index is 0.0880. The van der Waals surface area contributed by atoms with Gasteiger partial charge in [-0.05, 0) is 12.1 Å². The van der Waals surface area contributed by atoms with Gasteiger partial charge in [0.2, 0.25) is 6.41 Å². The zero-order chi connectivity index (χ0) is 23.2. The van der Waals surface area contributed by atoms with Gasteiger partial charge in [0.25, 0.3) is 5.91 Å². The highest BCUT2D eigenvalue weighted by atomic mass is 35.5. The number of imidazole rings is 1. The maximum absolute atomic E-state index is 15.2. The number of nitrogens with zero attached hydrogens (tertiary/aromatic N) is 4. The van der Waals surface area contributed by atoms with Gasteiger partial charge in [0.15, 0.2) is 11.6 Å². The number of aromatic amines is 1. The quantitative estimate of drug-likeness (QED) is 0.343. The number of anilines is 1. The molecule has 0 aliphatic carbocycles. The molecule has 3 aromatic heterocycles. The SMILES string of the molecule is CN(CC(F)(F)F)C(=O)c1c(F)c(Cl)c(-c2ccc3nc(NC=O)cn3c2)c2cn[nH]c12. The minimum atomic E-state index is -4.66. The molecule has 0 aliphatic heterocycles. The van der Waals surface area contributed by atoms with Crippen LogP contribution in [0.5, 0.6) is 0 Å². The fourth-order valence-corrected chi connectivity index (χ4v) is 3.70. The molecule has 166 valence electrons. The van der Waals surface area contributed by atoms with Crippen LogP contribution in [0.1, 0.15) is 10.4 Å². The lowest BCUT2D eigenvalue weighted by Crippen LogP contribution is -2.36. The number of benzene rings is 1. The molecule has 0 bridgehead atoms. The first-order valence-electron chi connectivity index (χ1n) is 8.96. The van der Waals surface area contributed by atoms with Crippen LogP contribution in [-0.4, -0.2) is 56.6 Å². The summed E-state index contributed by atoms with van der Waals surface area (Å²) in [4.78, 5) is 27.8. The van der Waals surface area contributed by atoms with Crippen molar-refractivity contribution in [2.45, 2.75) is 6.18 Å². The maximum atomic E-state index is 15.2. The number of nitrogens with one attached hydrogen (secondary N) is 2. The standard InChI is InChI=1S/C19H13ClF4N6O2/c1-29(7-19(22,23)24)18(32)14-16(21)15(20)13(10-4-26-28-17(10)14)9-2-3-12-27-11(25-8-31)6-30(12)5-9/h2-6,8H,7H2,1H3,(H,25,31)(H,26,28). The summed E-state index contributed by atoms with van der Waals surface area (Å²) in [5, 5.41) is 8.51. The fraction of sp³-hybridized carbons (Fsp3) is 0.158. The summed E-state index contributed by atoms with van der Waals surface area (Å²) in [6, 6.07) is 3.19. The van der Waals surface area contributed by atoms with E-state index < -0.39 is 35.0 Å². The molecule has 0 aliphatic rings. The highest BCUT2D eigenvalue weighted by molar-refractivity contribution is 6.36. The van der Waals surface area contributed by atoms with Gasteiger partial charge in [0, 0.05) is 29.8 Å². The molecular formula is C19H13ClF4N6O2. The highest BCUT2D eigenvalue weighted by Gasteiger charge is 2.34. The molecule has 0 unspecified atom stereocenters. The Hall–Kier alpha value is -3.67. The number of carbonyl (C=O) groups excluding carboxylic acids is 2. The largest absolute Gasteiger partial charge is 0.406 e. The van der Waals surface area contributed by atoms with Crippen LogP contribution in [0.2, 0.25) is 5.02 Å². The summed E-state index contributed by atoms with van der Waals surface area (Å²) in [7, 11) is 0.914. The third kappa shape index (κ3) is 3.73. The lowest BCUT2D eigenvalue weighted by Gasteiger charge is -2.20. The first kappa shape index (κ1) is 21.6. The maximum Gasteiger partial charge on any atom is 0.406 e. The number of rotatable bonds is 5. The van der Waals surface area contributed by atoms with Crippen molar-refractivity contribution >= 4 is 46.3 Å². The van der Waals surface area contributed by atoms with Crippen molar-refractivity contribution in [3.63, 3.8) is 0 Å². The Labute approximate surface area is 181 Å². The molecule has 0 saturated heterocycles. The van der Waals surface area contributed by atoms with Crippen LogP contribution in [0.4, 0.5) is 23.4 Å². The molecule has 13 heteroatoms. The number of H-pyrrole nitrogens is 1. The number of carbonyl (C=O) groups is 2. The third-order valence-electron chi connectivity index (χ3n) is 4.71. The molecule has 4 aromatic rings. The van der Waals surface area contributed by atoms with Crippen molar-refractivity contribution in [3.05, 3.63) is 47.1 Å². The van der Waals surface area contributed by atoms with E-state index in [4.69, 9.17) is 11.6 Å². The van der Waals surface area contributed by atoms with E-state index in [0.717, 1.165) is 7.05 Å². The average Bonchev–Trinajstić information content (AvgIpc) is 3.33. The van der Waals surface area contributed by atoms with Gasteiger partial charge in [-0.25, -0.2) is 9.37 Å². The molecule has 2 amide bonds. The Kier molecular flexibility index (Phi) is 5.25. The topological polar surface area (TPSA) is 95.4 Å². The second-order valence-electron chi connectivity index (χ2n) is 6.88. The summed E-state index contributed by atoms with van der Waals surface area (Å²) in [5.74, 6) is -2.08. The summed E-state index contributed by atoms with van der Waals surface area (Å²) >= 11 is 6.26. The Morgan fingerprint density at radius 1 is 1.34 bits per heavy atom. The van der Waals surface area contributed by atoms with Gasteiger partial charge in [0.1, 0.15) is 17.8 Å². The van der Waals surface area contributed by atoms with E-state index in [0.29, 0.717) is 22.5 Å². The van der Waals surface area contributed by atoms with Crippen molar-refractivity contribution in [3.8, 4) is 11.1 Å². The van der Waals surface area contributed by atoms with Gasteiger partial charge in [-0.2, -0.15) is 18.3 Å². The second kappa shape index (κ2) is 7.79. The van der Waals surface area contributed by atoms with E-state index in [1.165, 1.54) is 12.4 Å². The molecule has 0 spiro atoms. The summed E-state index contributed by atoms with van der Waals surface area (Å²) < 4.78 is 55.0. The van der Waals surface area contributed by atoms with Gasteiger partial charge in [0.05, 0.1) is 22.9 Å². The molecule has 8 nitrogen and oxygen atoms in total. The highest BCUT2D eigenvalue weighted by Crippen LogP contribution is 2.39. The third-order valence-corrected chi connectivity index (χ3v) is 5.07. The molecular weight excluding hydrogens is 456 g/mol. The van der Waals surface area contributed by atoms with Gasteiger partial charge >= 0.3 is 6.18 Å². The number of hydrogen-bond donors (Lipinski definition) is 2. The van der Waals surface area contributed by atoms with E-state index in [1.54, 1.807) is 22.7 Å². The molecule has 3 heterocycles. The van der Waals surface area contributed by atoms with Crippen molar-refractivity contribution < 1.29 is 27.2 Å². The minimum Gasteiger partial charge on any atom is -0.332 e. The van der Waals surface area contributed by atoms with Gasteiger partial charge in [-0.1, -0.05) is 11.6 Å². The van der Waals surface area contributed by atoms with E-state index in [-0.39, 0.29) is 22.3 Å². The monoisotopic (exact) mass is 468 g/mol. The molecule has 4 rings (SSSR count). The van der Waals surface area contributed by atoms with Crippen LogP contribution in [0.3, 0.4) is 0 Å². The lowest BCUT2D eigenvalue weighted by atomic mass is 9.99. The van der Waals surface area contributed by atoms with Crippen molar-refractivity contribution in [1.29, 1.82) is 0 Å². The molecule has 0 atom stereocenters. The van der Waals surface area contributed by atoms with E-state index >= 15 is 4.39 Å². The number of amides is 2. The zero-order valence-electron chi connectivity index (χ0n) is 16.2. The van der Waals surface area contributed by atoms with Crippen LogP contribution in [0.15, 0.2) is 30.7 Å². The van der Waals surface area contributed by atoms with E-state index in [2.05, 4.69) is 20.5 Å². The van der Waals surface area contributed by atoms with E-state index in [1.807, 2.05) is 0 Å². The summed E-state index contributed by atoms with van der Waals surface area (Å²) in [5.41, 5.74) is 0.363. The van der Waals surface area contributed by atoms with Crippen LogP contribution in [0.25, 0.3) is 27.7 Å². The molecule has 0 fully saturated rings. The second-order valence-corrected chi connectivity index (χ2v) is 7.26. The van der Waals surface area contributed by atoms with Crippen LogP contribution in [-0.2, 0) is 4.79 Å². The number of fused-ring (bicyclic) bond motifs is 2. The number of pyridine rings is 1. The Morgan fingerprint density at radius 3 is 2.78 bits per heavy atom. The van der Waals surface area contributed by atoms with Gasteiger partial charge in [-0.3, -0.25) is 14.7 Å². The fourth-order valence-electron chi connectivity index (χ4n) is 3.40. The number of halogens is 5. The molecule has 2 N–H and O–H groups in total. The Bertz CT molecular complexity index is 1360. The van der Waals surface area contributed by atoms with Crippen molar-refractivity contribution in [1.82, 2.24) is 24.5 Å². The molecule has 0 saturated carbocycles. The number of alkyl halides is 3. The van der Waals surface area contributed by atoms with Crippen molar-refractivity contribution in [2.75, 3.05) is 18.9 Å². The lowest BCUT2D eigenvalue weighted by molar-refractivity contribution is -0.138. The predicted molar refractivity (Wildman–Crippen MR) is 108 cm³/mol. The normalized spacial score (nSPS) is 11.8. The van der Waals surface area contributed by atoms with E-state index in [9.17, 15) is 22.8 Å². The Balaban J connectivity index is 1.86.